The molecule has 0 radical (unpaired) electrons. The van der Waals surface area contributed by atoms with Crippen LogP contribution in [0.15, 0.2) is 30.5 Å². The number of hydrogen-bond acceptors (Lipinski definition) is 5. The second-order valence-corrected chi connectivity index (χ2v) is 5.87. The fraction of sp³-hybridized carbons (Fsp3) is 0.375. The summed E-state index contributed by atoms with van der Waals surface area (Å²) in [5, 5.41) is 15.0. The van der Waals surface area contributed by atoms with Crippen molar-refractivity contribution in [3.8, 4) is 0 Å². The minimum atomic E-state index is -0.308. The van der Waals surface area contributed by atoms with Crippen LogP contribution in [0.4, 0.5) is 0 Å². The summed E-state index contributed by atoms with van der Waals surface area (Å²) in [6.07, 6.45) is 2.82. The molecule has 0 saturated carbocycles. The van der Waals surface area contributed by atoms with Crippen molar-refractivity contribution in [1.82, 2.24) is 30.5 Å². The van der Waals surface area contributed by atoms with Crippen molar-refractivity contribution >= 4 is 16.8 Å². The van der Waals surface area contributed by atoms with Crippen molar-refractivity contribution in [3.05, 3.63) is 41.9 Å². The molecule has 1 aromatic carbocycles. The third kappa shape index (κ3) is 3.00. The number of carbonyl (C=O) groups excluding carboxylic acids is 1. The Morgan fingerprint density at radius 3 is 3.21 bits per heavy atom. The van der Waals surface area contributed by atoms with Gasteiger partial charge in [-0.15, -0.1) is 10.2 Å². The zero-order valence-corrected chi connectivity index (χ0v) is 13.1. The molecule has 1 saturated heterocycles. The van der Waals surface area contributed by atoms with Gasteiger partial charge in [0.15, 0.2) is 0 Å². The lowest BCUT2D eigenvalue weighted by atomic mass is 10.1. The maximum absolute atomic E-state index is 12.5. The first kappa shape index (κ1) is 14.8. The minimum absolute atomic E-state index is 0.126. The molecule has 8 heteroatoms. The summed E-state index contributed by atoms with van der Waals surface area (Å²) >= 11 is 0. The Morgan fingerprint density at radius 1 is 1.38 bits per heavy atom. The standard InChI is InChI=1S/C16H18N6O2/c23-15(4-2-11-1-3-13-12(9-11)5-6-17-13)22-7-8-24-14(10-22)16-18-20-21-19-16/h1,3,5-6,9,14,17H,2,4,7-8,10H2,(H,18,19,20,21). The van der Waals surface area contributed by atoms with E-state index >= 15 is 0 Å². The molecular weight excluding hydrogens is 308 g/mol. The van der Waals surface area contributed by atoms with Gasteiger partial charge in [0.1, 0.15) is 6.10 Å². The molecule has 3 heterocycles. The van der Waals surface area contributed by atoms with Crippen LogP contribution >= 0.6 is 0 Å². The van der Waals surface area contributed by atoms with Gasteiger partial charge in [0.25, 0.3) is 0 Å². The van der Waals surface area contributed by atoms with Crippen molar-refractivity contribution < 1.29 is 9.53 Å². The number of benzene rings is 1. The molecule has 2 aromatic heterocycles. The summed E-state index contributed by atoms with van der Waals surface area (Å²) in [7, 11) is 0. The number of fused-ring (bicyclic) bond motifs is 1. The number of aryl methyl sites for hydroxylation is 1. The van der Waals surface area contributed by atoms with E-state index in [0.717, 1.165) is 11.9 Å². The van der Waals surface area contributed by atoms with Gasteiger partial charge in [-0.1, -0.05) is 11.3 Å². The van der Waals surface area contributed by atoms with Gasteiger partial charge in [-0.3, -0.25) is 4.79 Å². The lowest BCUT2D eigenvalue weighted by molar-refractivity contribution is -0.139. The predicted octanol–water partition coefficient (Wildman–Crippen LogP) is 1.21. The van der Waals surface area contributed by atoms with E-state index < -0.39 is 0 Å². The van der Waals surface area contributed by atoms with Crippen LogP contribution in [-0.4, -0.2) is 56.1 Å². The summed E-state index contributed by atoms with van der Waals surface area (Å²) < 4.78 is 5.62. The van der Waals surface area contributed by atoms with Gasteiger partial charge in [-0.25, -0.2) is 0 Å². The van der Waals surface area contributed by atoms with Crippen molar-refractivity contribution in [1.29, 1.82) is 0 Å². The van der Waals surface area contributed by atoms with E-state index in [2.05, 4.69) is 43.8 Å². The lowest BCUT2D eigenvalue weighted by Gasteiger charge is -2.31. The van der Waals surface area contributed by atoms with E-state index in [1.54, 1.807) is 0 Å². The zero-order chi connectivity index (χ0) is 16.4. The number of nitrogens with one attached hydrogen (secondary N) is 2. The number of aromatic nitrogens is 5. The number of hydrogen-bond donors (Lipinski definition) is 2. The summed E-state index contributed by atoms with van der Waals surface area (Å²) in [6, 6.07) is 8.28. The lowest BCUT2D eigenvalue weighted by Crippen LogP contribution is -2.42. The second-order valence-electron chi connectivity index (χ2n) is 5.87. The van der Waals surface area contributed by atoms with Crippen LogP contribution in [0.2, 0.25) is 0 Å². The van der Waals surface area contributed by atoms with E-state index in [0.29, 0.717) is 31.9 Å². The molecule has 0 spiro atoms. The molecule has 1 atom stereocenters. The smallest absolute Gasteiger partial charge is 0.223 e. The van der Waals surface area contributed by atoms with E-state index in [9.17, 15) is 4.79 Å². The first-order valence-electron chi connectivity index (χ1n) is 7.98. The Kier molecular flexibility index (Phi) is 3.96. The van der Waals surface area contributed by atoms with Crippen LogP contribution in [0.3, 0.4) is 0 Å². The average Bonchev–Trinajstić information content (AvgIpc) is 3.30. The van der Waals surface area contributed by atoms with Crippen LogP contribution in [0, 0.1) is 0 Å². The number of morpholine rings is 1. The Bertz CT molecular complexity index is 828. The Morgan fingerprint density at radius 2 is 2.33 bits per heavy atom. The van der Waals surface area contributed by atoms with Crippen molar-refractivity contribution in [2.75, 3.05) is 19.7 Å². The molecule has 24 heavy (non-hydrogen) atoms. The van der Waals surface area contributed by atoms with Gasteiger partial charge in [0, 0.05) is 24.7 Å². The first-order valence-corrected chi connectivity index (χ1v) is 7.98. The maximum Gasteiger partial charge on any atom is 0.223 e. The van der Waals surface area contributed by atoms with Gasteiger partial charge in [0.05, 0.1) is 13.2 Å². The molecule has 3 aromatic rings. The number of rotatable bonds is 4. The van der Waals surface area contributed by atoms with Gasteiger partial charge >= 0.3 is 0 Å². The van der Waals surface area contributed by atoms with E-state index in [1.807, 2.05) is 17.2 Å². The molecule has 0 aliphatic carbocycles. The largest absolute Gasteiger partial charge is 0.366 e. The highest BCUT2D eigenvalue weighted by atomic mass is 16.5. The van der Waals surface area contributed by atoms with E-state index in [4.69, 9.17) is 4.74 Å². The number of nitrogens with zero attached hydrogens (tertiary/aromatic N) is 4. The Balaban J connectivity index is 1.36. The molecule has 0 bridgehead atoms. The number of ether oxygens (including phenoxy) is 1. The fourth-order valence-corrected chi connectivity index (χ4v) is 3.01. The first-order chi connectivity index (χ1) is 11.8. The van der Waals surface area contributed by atoms with Crippen molar-refractivity contribution in [3.63, 3.8) is 0 Å². The molecular formula is C16H18N6O2. The number of H-pyrrole nitrogens is 2. The molecule has 4 rings (SSSR count). The third-order valence-electron chi connectivity index (χ3n) is 4.31. The van der Waals surface area contributed by atoms with Gasteiger partial charge in [0.2, 0.25) is 11.7 Å². The maximum atomic E-state index is 12.5. The zero-order valence-electron chi connectivity index (χ0n) is 13.1. The van der Waals surface area contributed by atoms with Gasteiger partial charge in [-0.05, 0) is 35.6 Å². The topological polar surface area (TPSA) is 99.8 Å². The highest BCUT2D eigenvalue weighted by Gasteiger charge is 2.27. The molecule has 2 N–H and O–H groups in total. The second kappa shape index (κ2) is 6.40. The number of aromatic amines is 2. The van der Waals surface area contributed by atoms with E-state index in [-0.39, 0.29) is 12.0 Å². The summed E-state index contributed by atoms with van der Waals surface area (Å²) in [4.78, 5) is 17.5. The molecule has 124 valence electrons. The molecule has 8 nitrogen and oxygen atoms in total. The highest BCUT2D eigenvalue weighted by molar-refractivity contribution is 5.80. The van der Waals surface area contributed by atoms with Crippen molar-refractivity contribution in [2.45, 2.75) is 18.9 Å². The predicted molar refractivity (Wildman–Crippen MR) is 86.1 cm³/mol. The molecule has 1 aliphatic heterocycles. The SMILES string of the molecule is O=C(CCc1ccc2[nH]ccc2c1)N1CCOC(c2nn[nH]n2)C1. The van der Waals surface area contributed by atoms with Gasteiger partial charge in [-0.2, -0.15) is 5.21 Å². The highest BCUT2D eigenvalue weighted by Crippen LogP contribution is 2.20. The number of carbonyl (C=O) groups is 1. The number of amides is 1. The van der Waals surface area contributed by atoms with Crippen LogP contribution in [0.25, 0.3) is 10.9 Å². The molecule has 1 aliphatic rings. The van der Waals surface area contributed by atoms with Crippen LogP contribution in [0.5, 0.6) is 0 Å². The summed E-state index contributed by atoms with van der Waals surface area (Å²) in [5.41, 5.74) is 2.28. The van der Waals surface area contributed by atoms with Crippen LogP contribution in [-0.2, 0) is 16.0 Å². The minimum Gasteiger partial charge on any atom is -0.366 e. The fourth-order valence-electron chi connectivity index (χ4n) is 3.01. The number of tetrazole rings is 1. The van der Waals surface area contributed by atoms with Crippen molar-refractivity contribution in [2.24, 2.45) is 0 Å². The average molecular weight is 326 g/mol. The van der Waals surface area contributed by atoms with E-state index in [1.165, 1.54) is 10.9 Å². The summed E-state index contributed by atoms with van der Waals surface area (Å²) in [6.45, 7) is 1.56. The van der Waals surface area contributed by atoms with Crippen LogP contribution in [0.1, 0.15) is 23.9 Å². The Labute approximate surface area is 138 Å². The third-order valence-corrected chi connectivity index (χ3v) is 4.31. The van der Waals surface area contributed by atoms with Gasteiger partial charge < -0.3 is 14.6 Å². The normalized spacial score (nSPS) is 18.2. The molecule has 1 unspecified atom stereocenters. The monoisotopic (exact) mass is 326 g/mol. The Hall–Kier alpha value is -2.74. The quantitative estimate of drug-likeness (QED) is 0.751. The van der Waals surface area contributed by atoms with Crippen LogP contribution < -0.4 is 0 Å². The molecule has 1 amide bonds. The summed E-state index contributed by atoms with van der Waals surface area (Å²) in [5.74, 6) is 0.617. The molecule has 1 fully saturated rings.